The molecule has 0 spiro atoms. The van der Waals surface area contributed by atoms with Crippen molar-refractivity contribution in [3.63, 3.8) is 0 Å². The molecule has 0 amide bonds. The van der Waals surface area contributed by atoms with E-state index < -0.39 is 0 Å². The van der Waals surface area contributed by atoms with Crippen molar-refractivity contribution in [3.8, 4) is 6.07 Å². The van der Waals surface area contributed by atoms with E-state index in [2.05, 4.69) is 4.99 Å². The van der Waals surface area contributed by atoms with Gasteiger partial charge in [0, 0.05) is 11.1 Å². The van der Waals surface area contributed by atoms with Crippen LogP contribution in [0.25, 0.3) is 5.76 Å². The van der Waals surface area contributed by atoms with Crippen LogP contribution in [0.2, 0.25) is 0 Å². The molecule has 1 aliphatic rings. The minimum atomic E-state index is -0.370. The number of aliphatic hydroxyl groups excluding tert-OH is 1. The zero-order valence-electron chi connectivity index (χ0n) is 13.4. The number of Topliss-reactive ketones (excluding diaryl/α,β-unsaturated/α-hetero) is 1. The van der Waals surface area contributed by atoms with Crippen LogP contribution >= 0.6 is 0 Å². The third-order valence-electron chi connectivity index (χ3n) is 4.02. The minimum absolute atomic E-state index is 0.0303. The fraction of sp³-hybridized carbons (Fsp3) is 0.150. The molecule has 3 rings (SSSR count). The van der Waals surface area contributed by atoms with E-state index in [-0.39, 0.29) is 28.7 Å². The average Bonchev–Trinajstić information content (AvgIpc) is 2.85. The highest BCUT2D eigenvalue weighted by molar-refractivity contribution is 6.39. The zero-order valence-corrected chi connectivity index (χ0v) is 13.4. The number of nitriles is 1. The summed E-state index contributed by atoms with van der Waals surface area (Å²) in [6.07, 6.45) is 0. The molecule has 0 saturated heterocycles. The number of allylic oxidation sites excluding steroid dienone is 1. The highest BCUT2D eigenvalue weighted by Gasteiger charge is 2.32. The first-order chi connectivity index (χ1) is 11.5. The van der Waals surface area contributed by atoms with E-state index in [0.717, 1.165) is 5.56 Å². The van der Waals surface area contributed by atoms with Gasteiger partial charge in [-0.2, -0.15) is 5.26 Å². The number of fused-ring (bicyclic) bond motifs is 1. The number of aliphatic hydroxyl groups is 1. The van der Waals surface area contributed by atoms with Gasteiger partial charge in [-0.1, -0.05) is 56.3 Å². The van der Waals surface area contributed by atoms with Gasteiger partial charge in [-0.3, -0.25) is 4.79 Å². The number of para-hydroxylation sites is 1. The maximum atomic E-state index is 12.6. The number of nitrogens with zero attached hydrogens (tertiary/aromatic N) is 2. The smallest absolute Gasteiger partial charge is 0.200 e. The standard InChI is InChI=1S/C20H16N2O2/c1-12(2)13-7-5-6-10-16(13)22-17(11-21)18-19(23)14-8-3-4-9-15(14)20(18)24/h3-10,12,23H,1-2H3. The largest absolute Gasteiger partial charge is 0.506 e. The quantitative estimate of drug-likeness (QED) is 0.843. The molecular formula is C20H16N2O2. The van der Waals surface area contributed by atoms with Crippen LogP contribution in [-0.4, -0.2) is 16.6 Å². The number of ketones is 1. The van der Waals surface area contributed by atoms with Gasteiger partial charge in [0.2, 0.25) is 0 Å². The van der Waals surface area contributed by atoms with E-state index in [1.165, 1.54) is 0 Å². The molecule has 0 unspecified atom stereocenters. The molecule has 2 aromatic rings. The molecule has 24 heavy (non-hydrogen) atoms. The molecule has 0 saturated carbocycles. The van der Waals surface area contributed by atoms with Gasteiger partial charge >= 0.3 is 0 Å². The molecular weight excluding hydrogens is 300 g/mol. The van der Waals surface area contributed by atoms with E-state index in [1.807, 2.05) is 38.1 Å². The summed E-state index contributed by atoms with van der Waals surface area (Å²) in [6.45, 7) is 4.07. The van der Waals surface area contributed by atoms with E-state index in [1.54, 1.807) is 30.3 Å². The molecule has 4 heteroatoms. The Morgan fingerprint density at radius 2 is 1.71 bits per heavy atom. The molecule has 0 radical (unpaired) electrons. The van der Waals surface area contributed by atoms with Crippen LogP contribution in [0.15, 0.2) is 59.1 Å². The lowest BCUT2D eigenvalue weighted by Crippen LogP contribution is -2.09. The van der Waals surface area contributed by atoms with Gasteiger partial charge in [0.1, 0.15) is 17.4 Å². The molecule has 2 aromatic carbocycles. The fourth-order valence-electron chi connectivity index (χ4n) is 2.82. The highest BCUT2D eigenvalue weighted by Crippen LogP contribution is 2.33. The number of hydrogen-bond acceptors (Lipinski definition) is 4. The Kier molecular flexibility index (Phi) is 4.01. The minimum Gasteiger partial charge on any atom is -0.506 e. The van der Waals surface area contributed by atoms with Crippen molar-refractivity contribution in [1.82, 2.24) is 0 Å². The number of aliphatic imine (C=N–C) groups is 1. The number of carbonyl (C=O) groups is 1. The van der Waals surface area contributed by atoms with Crippen molar-refractivity contribution < 1.29 is 9.90 Å². The van der Waals surface area contributed by atoms with Gasteiger partial charge in [-0.25, -0.2) is 4.99 Å². The number of rotatable bonds is 3. The Balaban J connectivity index is 2.14. The van der Waals surface area contributed by atoms with Crippen molar-refractivity contribution in [2.24, 2.45) is 4.99 Å². The maximum Gasteiger partial charge on any atom is 0.200 e. The summed E-state index contributed by atoms with van der Waals surface area (Å²) < 4.78 is 0. The van der Waals surface area contributed by atoms with Crippen LogP contribution in [0.3, 0.4) is 0 Å². The van der Waals surface area contributed by atoms with Crippen LogP contribution in [-0.2, 0) is 0 Å². The molecule has 1 N–H and O–H groups in total. The zero-order chi connectivity index (χ0) is 17.3. The fourth-order valence-corrected chi connectivity index (χ4v) is 2.82. The predicted octanol–water partition coefficient (Wildman–Crippen LogP) is 4.57. The lowest BCUT2D eigenvalue weighted by atomic mass is 10.0. The average molecular weight is 316 g/mol. The number of benzene rings is 2. The Labute approximate surface area is 140 Å². The second-order valence-electron chi connectivity index (χ2n) is 5.88. The predicted molar refractivity (Wildman–Crippen MR) is 93.6 cm³/mol. The van der Waals surface area contributed by atoms with E-state index in [9.17, 15) is 15.2 Å². The highest BCUT2D eigenvalue weighted by atomic mass is 16.3. The van der Waals surface area contributed by atoms with Crippen LogP contribution in [0.1, 0.15) is 41.3 Å². The first-order valence-corrected chi connectivity index (χ1v) is 7.70. The molecule has 0 aromatic heterocycles. The molecule has 0 atom stereocenters. The summed E-state index contributed by atoms with van der Waals surface area (Å²) in [6, 6.07) is 16.2. The number of hydrogen-bond donors (Lipinski definition) is 1. The molecule has 1 aliphatic carbocycles. The van der Waals surface area contributed by atoms with E-state index in [0.29, 0.717) is 16.8 Å². The first kappa shape index (κ1) is 15.7. The third kappa shape index (κ3) is 2.50. The summed E-state index contributed by atoms with van der Waals surface area (Å²) >= 11 is 0. The van der Waals surface area contributed by atoms with Gasteiger partial charge < -0.3 is 5.11 Å². The molecule has 118 valence electrons. The van der Waals surface area contributed by atoms with Crippen LogP contribution in [0, 0.1) is 11.3 Å². The summed E-state index contributed by atoms with van der Waals surface area (Å²) in [7, 11) is 0. The third-order valence-corrected chi connectivity index (χ3v) is 4.02. The second-order valence-corrected chi connectivity index (χ2v) is 5.88. The topological polar surface area (TPSA) is 73.4 Å². The lowest BCUT2D eigenvalue weighted by molar-refractivity contribution is 0.104. The number of carbonyl (C=O) groups excluding carboxylic acids is 1. The Morgan fingerprint density at radius 1 is 1.08 bits per heavy atom. The summed E-state index contributed by atoms with van der Waals surface area (Å²) in [5, 5.41) is 19.9. The van der Waals surface area contributed by atoms with Crippen molar-refractivity contribution in [2.45, 2.75) is 19.8 Å². The second kappa shape index (κ2) is 6.13. The summed E-state index contributed by atoms with van der Waals surface area (Å²) in [5.74, 6) is -0.327. The van der Waals surface area contributed by atoms with E-state index in [4.69, 9.17) is 0 Å². The molecule has 0 bridgehead atoms. The van der Waals surface area contributed by atoms with Crippen LogP contribution < -0.4 is 0 Å². The van der Waals surface area contributed by atoms with Crippen molar-refractivity contribution >= 4 is 22.9 Å². The van der Waals surface area contributed by atoms with Crippen molar-refractivity contribution in [2.75, 3.05) is 0 Å². The first-order valence-electron chi connectivity index (χ1n) is 7.70. The maximum absolute atomic E-state index is 12.6. The van der Waals surface area contributed by atoms with Gasteiger partial charge in [0.15, 0.2) is 11.5 Å². The summed E-state index contributed by atoms with van der Waals surface area (Å²) in [4.78, 5) is 16.9. The van der Waals surface area contributed by atoms with Crippen LogP contribution in [0.5, 0.6) is 0 Å². The van der Waals surface area contributed by atoms with Gasteiger partial charge in [-0.05, 0) is 17.5 Å². The van der Waals surface area contributed by atoms with Gasteiger partial charge in [-0.15, -0.1) is 0 Å². The molecule has 0 fully saturated rings. The normalized spacial score (nSPS) is 14.1. The van der Waals surface area contributed by atoms with Crippen LogP contribution in [0.4, 0.5) is 5.69 Å². The Morgan fingerprint density at radius 3 is 2.33 bits per heavy atom. The van der Waals surface area contributed by atoms with E-state index >= 15 is 0 Å². The van der Waals surface area contributed by atoms with Gasteiger partial charge in [0.25, 0.3) is 0 Å². The Hall–Kier alpha value is -3.19. The van der Waals surface area contributed by atoms with Crippen molar-refractivity contribution in [1.29, 1.82) is 5.26 Å². The lowest BCUT2D eigenvalue weighted by Gasteiger charge is -2.09. The van der Waals surface area contributed by atoms with Gasteiger partial charge in [0.05, 0.1) is 5.69 Å². The monoisotopic (exact) mass is 316 g/mol. The molecule has 0 heterocycles. The SMILES string of the molecule is CC(C)c1ccccc1N=C(C#N)C1=C(O)c2ccccc2C1=O. The molecule has 0 aliphatic heterocycles. The molecule has 4 nitrogen and oxygen atoms in total. The Bertz CT molecular complexity index is 931. The summed E-state index contributed by atoms with van der Waals surface area (Å²) in [5.41, 5.74) is 2.35. The van der Waals surface area contributed by atoms with Crippen molar-refractivity contribution in [3.05, 3.63) is 70.8 Å².